The van der Waals surface area contributed by atoms with Crippen LogP contribution >= 0.6 is 0 Å². The van der Waals surface area contributed by atoms with Crippen LogP contribution in [0.1, 0.15) is 5.56 Å². The number of methoxy groups -OCH3 is 1. The topological polar surface area (TPSA) is 27.7 Å². The van der Waals surface area contributed by atoms with E-state index in [0.29, 0.717) is 0 Å². The molecule has 2 aromatic rings. The first-order chi connectivity index (χ1) is 9.33. The van der Waals surface area contributed by atoms with Crippen molar-refractivity contribution < 1.29 is 14.2 Å². The van der Waals surface area contributed by atoms with Gasteiger partial charge in [0.15, 0.2) is 11.5 Å². The van der Waals surface area contributed by atoms with Gasteiger partial charge in [-0.15, -0.1) is 0 Å². The molecule has 3 heteroatoms. The molecule has 0 saturated heterocycles. The lowest BCUT2D eigenvalue weighted by atomic mass is 9.98. The lowest BCUT2D eigenvalue weighted by molar-refractivity contribution is 0.174. The van der Waals surface area contributed by atoms with Gasteiger partial charge in [-0.05, 0) is 29.3 Å². The number of rotatable bonds is 3. The maximum atomic E-state index is 5.44. The molecule has 0 radical (unpaired) electrons. The van der Waals surface area contributed by atoms with E-state index in [4.69, 9.17) is 14.2 Å². The Morgan fingerprint density at radius 3 is 2.58 bits per heavy atom. The van der Waals surface area contributed by atoms with E-state index in [2.05, 4.69) is 6.58 Å². The molecule has 1 aliphatic rings. The fraction of sp³-hybridized carbons (Fsp3) is 0.125. The first-order valence-corrected chi connectivity index (χ1v) is 6.03. The number of hydrogen-bond acceptors (Lipinski definition) is 3. The van der Waals surface area contributed by atoms with Crippen molar-refractivity contribution in [1.29, 1.82) is 0 Å². The Labute approximate surface area is 112 Å². The fourth-order valence-electron chi connectivity index (χ4n) is 2.23. The van der Waals surface area contributed by atoms with Gasteiger partial charge in [-0.1, -0.05) is 30.9 Å². The molecular formula is C16H14O3. The van der Waals surface area contributed by atoms with Crippen LogP contribution in [-0.4, -0.2) is 13.9 Å². The van der Waals surface area contributed by atoms with Crippen LogP contribution in [0.25, 0.3) is 17.2 Å². The van der Waals surface area contributed by atoms with Crippen molar-refractivity contribution in [2.24, 2.45) is 0 Å². The molecule has 0 aliphatic carbocycles. The summed E-state index contributed by atoms with van der Waals surface area (Å²) < 4.78 is 16.2. The van der Waals surface area contributed by atoms with Gasteiger partial charge in [0, 0.05) is 5.56 Å². The van der Waals surface area contributed by atoms with Gasteiger partial charge in [-0.2, -0.15) is 0 Å². The Bertz CT molecular complexity index is 632. The van der Waals surface area contributed by atoms with E-state index in [-0.39, 0.29) is 6.79 Å². The van der Waals surface area contributed by atoms with Gasteiger partial charge < -0.3 is 14.2 Å². The summed E-state index contributed by atoms with van der Waals surface area (Å²) >= 11 is 0. The maximum absolute atomic E-state index is 5.44. The van der Waals surface area contributed by atoms with E-state index in [1.54, 1.807) is 7.11 Å². The summed E-state index contributed by atoms with van der Waals surface area (Å²) in [5, 5.41) is 0. The smallest absolute Gasteiger partial charge is 0.231 e. The fourth-order valence-corrected chi connectivity index (χ4v) is 2.23. The summed E-state index contributed by atoms with van der Waals surface area (Å²) in [5.41, 5.74) is 3.03. The van der Waals surface area contributed by atoms with E-state index >= 15 is 0 Å². The van der Waals surface area contributed by atoms with Crippen molar-refractivity contribution in [2.45, 2.75) is 0 Å². The van der Waals surface area contributed by atoms with Crippen LogP contribution in [-0.2, 0) is 0 Å². The van der Waals surface area contributed by atoms with E-state index in [1.165, 1.54) is 0 Å². The summed E-state index contributed by atoms with van der Waals surface area (Å²) in [7, 11) is 1.67. The Kier molecular flexibility index (Phi) is 2.88. The van der Waals surface area contributed by atoms with Crippen LogP contribution in [0.4, 0.5) is 0 Å². The molecule has 1 heterocycles. The molecule has 0 atom stereocenters. The molecule has 96 valence electrons. The molecular weight excluding hydrogens is 240 g/mol. The highest BCUT2D eigenvalue weighted by Crippen LogP contribution is 2.41. The van der Waals surface area contributed by atoms with Crippen molar-refractivity contribution in [2.75, 3.05) is 13.9 Å². The Morgan fingerprint density at radius 1 is 1.11 bits per heavy atom. The zero-order chi connectivity index (χ0) is 13.2. The number of ether oxygens (including phenoxy) is 3. The largest absolute Gasteiger partial charge is 0.496 e. The minimum Gasteiger partial charge on any atom is -0.496 e. The minimum absolute atomic E-state index is 0.265. The molecule has 0 spiro atoms. The standard InChI is InChI=1S/C16H14O3/c1-3-11-8-15-16(19-10-18-15)9-13(11)12-6-4-5-7-14(12)17-2/h3-9H,1,10H2,2H3. The summed E-state index contributed by atoms with van der Waals surface area (Å²) in [5.74, 6) is 2.34. The molecule has 0 N–H and O–H groups in total. The van der Waals surface area contributed by atoms with Crippen LogP contribution < -0.4 is 14.2 Å². The van der Waals surface area contributed by atoms with E-state index in [9.17, 15) is 0 Å². The van der Waals surface area contributed by atoms with Crippen molar-refractivity contribution in [3.05, 3.63) is 48.5 Å². The molecule has 19 heavy (non-hydrogen) atoms. The molecule has 0 bridgehead atoms. The second kappa shape index (κ2) is 4.69. The van der Waals surface area contributed by atoms with Crippen molar-refractivity contribution in [3.8, 4) is 28.4 Å². The third-order valence-corrected chi connectivity index (χ3v) is 3.16. The van der Waals surface area contributed by atoms with Crippen molar-refractivity contribution >= 4 is 6.08 Å². The highest BCUT2D eigenvalue weighted by atomic mass is 16.7. The summed E-state index contributed by atoms with van der Waals surface area (Å²) in [6.45, 7) is 4.13. The van der Waals surface area contributed by atoms with Crippen LogP contribution in [0, 0.1) is 0 Å². The highest BCUT2D eigenvalue weighted by molar-refractivity contribution is 5.81. The van der Waals surface area contributed by atoms with Gasteiger partial charge >= 0.3 is 0 Å². The number of hydrogen-bond donors (Lipinski definition) is 0. The lowest BCUT2D eigenvalue weighted by Gasteiger charge is -2.12. The van der Waals surface area contributed by atoms with Crippen LogP contribution in [0.3, 0.4) is 0 Å². The summed E-state index contributed by atoms with van der Waals surface area (Å²) in [6, 6.07) is 11.8. The monoisotopic (exact) mass is 254 g/mol. The number of fused-ring (bicyclic) bond motifs is 1. The summed E-state index contributed by atoms with van der Waals surface area (Å²) in [4.78, 5) is 0. The molecule has 0 fully saturated rings. The van der Waals surface area contributed by atoms with E-state index < -0.39 is 0 Å². The predicted octanol–water partition coefficient (Wildman–Crippen LogP) is 3.73. The SMILES string of the molecule is C=Cc1cc2c(cc1-c1ccccc1OC)OCO2. The molecule has 0 aromatic heterocycles. The summed E-state index contributed by atoms with van der Waals surface area (Å²) in [6.07, 6.45) is 1.81. The average molecular weight is 254 g/mol. The Hall–Kier alpha value is -2.42. The van der Waals surface area contributed by atoms with Gasteiger partial charge in [-0.3, -0.25) is 0 Å². The second-order valence-corrected chi connectivity index (χ2v) is 4.20. The molecule has 0 unspecified atom stereocenters. The van der Waals surface area contributed by atoms with Crippen molar-refractivity contribution in [3.63, 3.8) is 0 Å². The van der Waals surface area contributed by atoms with Gasteiger partial charge in [0.2, 0.25) is 6.79 Å². The first kappa shape index (κ1) is 11.7. The van der Waals surface area contributed by atoms with Crippen LogP contribution in [0.15, 0.2) is 43.0 Å². The normalized spacial score (nSPS) is 12.3. The van der Waals surface area contributed by atoms with Crippen LogP contribution in [0.2, 0.25) is 0 Å². The first-order valence-electron chi connectivity index (χ1n) is 6.03. The molecule has 2 aromatic carbocycles. The quantitative estimate of drug-likeness (QED) is 0.835. The third kappa shape index (κ3) is 1.93. The Balaban J connectivity index is 2.21. The minimum atomic E-state index is 0.265. The Morgan fingerprint density at radius 2 is 1.84 bits per heavy atom. The molecule has 0 amide bonds. The van der Waals surface area contributed by atoms with E-state index in [1.807, 2.05) is 42.5 Å². The average Bonchev–Trinajstić information content (AvgIpc) is 2.93. The molecule has 1 aliphatic heterocycles. The van der Waals surface area contributed by atoms with Gasteiger partial charge in [0.05, 0.1) is 7.11 Å². The lowest BCUT2D eigenvalue weighted by Crippen LogP contribution is -1.92. The van der Waals surface area contributed by atoms with Crippen molar-refractivity contribution in [1.82, 2.24) is 0 Å². The zero-order valence-corrected chi connectivity index (χ0v) is 10.7. The maximum Gasteiger partial charge on any atom is 0.231 e. The highest BCUT2D eigenvalue weighted by Gasteiger charge is 2.18. The third-order valence-electron chi connectivity index (χ3n) is 3.16. The van der Waals surface area contributed by atoms with Gasteiger partial charge in [0.25, 0.3) is 0 Å². The van der Waals surface area contributed by atoms with Gasteiger partial charge in [0.1, 0.15) is 5.75 Å². The van der Waals surface area contributed by atoms with Crippen LogP contribution in [0.5, 0.6) is 17.2 Å². The van der Waals surface area contributed by atoms with E-state index in [0.717, 1.165) is 33.9 Å². The second-order valence-electron chi connectivity index (χ2n) is 4.20. The molecule has 3 rings (SSSR count). The zero-order valence-electron chi connectivity index (χ0n) is 10.7. The number of para-hydroxylation sites is 1. The van der Waals surface area contributed by atoms with Gasteiger partial charge in [-0.25, -0.2) is 0 Å². The molecule has 0 saturated carbocycles. The number of benzene rings is 2. The predicted molar refractivity (Wildman–Crippen MR) is 74.6 cm³/mol. The molecule has 3 nitrogen and oxygen atoms in total.